The van der Waals surface area contributed by atoms with Crippen molar-refractivity contribution in [3.05, 3.63) is 0 Å². The van der Waals surface area contributed by atoms with E-state index in [1.165, 1.54) is 32.4 Å². The molecular weight excluding hydrogens is 122 g/mol. The molecule has 58 valence electrons. The highest BCUT2D eigenvalue weighted by molar-refractivity contribution is 4.97. The molecule has 0 N–H and O–H groups in total. The lowest BCUT2D eigenvalue weighted by Crippen LogP contribution is -2.18. The van der Waals surface area contributed by atoms with Crippen LogP contribution in [0.25, 0.3) is 0 Å². The Morgan fingerprint density at radius 2 is 2.10 bits per heavy atom. The van der Waals surface area contributed by atoms with Gasteiger partial charge in [0.1, 0.15) is 0 Å². The predicted molar refractivity (Wildman–Crippen MR) is 42.9 cm³/mol. The molecule has 0 amide bonds. The Morgan fingerprint density at radius 1 is 1.40 bits per heavy atom. The molecule has 0 radical (unpaired) electrons. The molecule has 0 bridgehead atoms. The molecule has 1 aliphatic heterocycles. The zero-order valence-electron chi connectivity index (χ0n) is 7.06. The molecule has 2 aliphatic rings. The van der Waals surface area contributed by atoms with Crippen LogP contribution < -0.4 is 0 Å². The highest BCUT2D eigenvalue weighted by Gasteiger charge is 2.46. The third-order valence-corrected chi connectivity index (χ3v) is 3.42. The molecule has 1 heteroatoms. The van der Waals surface area contributed by atoms with E-state index in [0.29, 0.717) is 0 Å². The largest absolute Gasteiger partial charge is 0.306 e. The Bertz CT molecular complexity index is 138. The van der Waals surface area contributed by atoms with E-state index in [1.54, 1.807) is 0 Å². The topological polar surface area (TPSA) is 3.24 Å². The minimum absolute atomic E-state index is 0.769. The smallest absolute Gasteiger partial charge is 0.00123 e. The molecule has 1 saturated heterocycles. The van der Waals surface area contributed by atoms with E-state index in [-0.39, 0.29) is 0 Å². The van der Waals surface area contributed by atoms with Crippen LogP contribution >= 0.6 is 0 Å². The van der Waals surface area contributed by atoms with Crippen molar-refractivity contribution < 1.29 is 0 Å². The van der Waals surface area contributed by atoms with Crippen LogP contribution in [-0.2, 0) is 0 Å². The number of hydrogen-bond acceptors (Lipinski definition) is 1. The van der Waals surface area contributed by atoms with Crippen LogP contribution in [0.4, 0.5) is 0 Å². The van der Waals surface area contributed by atoms with E-state index in [9.17, 15) is 0 Å². The van der Waals surface area contributed by atoms with Crippen LogP contribution in [-0.4, -0.2) is 25.0 Å². The summed E-state index contributed by atoms with van der Waals surface area (Å²) in [6, 6.07) is 0. The van der Waals surface area contributed by atoms with Crippen molar-refractivity contribution in [2.24, 2.45) is 11.3 Å². The Balaban J connectivity index is 1.95. The molecule has 2 fully saturated rings. The van der Waals surface area contributed by atoms with Crippen LogP contribution in [0.5, 0.6) is 0 Å². The summed E-state index contributed by atoms with van der Waals surface area (Å²) in [5, 5.41) is 0. The number of nitrogens with zero attached hydrogens (tertiary/aromatic N) is 1. The first kappa shape index (κ1) is 6.66. The summed E-state index contributed by atoms with van der Waals surface area (Å²) < 4.78 is 0. The SMILES string of the molecule is CN1CCC(C2(C)CC2)C1. The lowest BCUT2D eigenvalue weighted by Gasteiger charge is -2.16. The Kier molecular flexibility index (Phi) is 1.31. The maximum atomic E-state index is 2.47. The van der Waals surface area contributed by atoms with Crippen molar-refractivity contribution in [1.29, 1.82) is 0 Å². The van der Waals surface area contributed by atoms with Crippen molar-refractivity contribution >= 4 is 0 Å². The quantitative estimate of drug-likeness (QED) is 0.535. The van der Waals surface area contributed by atoms with Gasteiger partial charge in [-0.05, 0) is 44.2 Å². The van der Waals surface area contributed by atoms with Gasteiger partial charge in [-0.25, -0.2) is 0 Å². The fourth-order valence-corrected chi connectivity index (χ4v) is 2.11. The van der Waals surface area contributed by atoms with E-state index >= 15 is 0 Å². The summed E-state index contributed by atoms with van der Waals surface area (Å²) >= 11 is 0. The molecule has 1 heterocycles. The van der Waals surface area contributed by atoms with Gasteiger partial charge in [0.05, 0.1) is 0 Å². The van der Waals surface area contributed by atoms with E-state index in [0.717, 1.165) is 11.3 Å². The maximum absolute atomic E-state index is 2.47. The van der Waals surface area contributed by atoms with Crippen LogP contribution in [0.15, 0.2) is 0 Å². The summed E-state index contributed by atoms with van der Waals surface area (Å²) in [7, 11) is 2.24. The summed E-state index contributed by atoms with van der Waals surface area (Å²) in [5.41, 5.74) is 0.769. The molecule has 10 heavy (non-hydrogen) atoms. The van der Waals surface area contributed by atoms with Gasteiger partial charge < -0.3 is 4.90 Å². The fourth-order valence-electron chi connectivity index (χ4n) is 2.11. The number of likely N-dealkylation sites (tertiary alicyclic amines) is 1. The molecule has 1 atom stereocenters. The third kappa shape index (κ3) is 0.968. The van der Waals surface area contributed by atoms with Gasteiger partial charge in [0.25, 0.3) is 0 Å². The summed E-state index contributed by atoms with van der Waals surface area (Å²) in [5.74, 6) is 1.03. The second-order valence-electron chi connectivity index (χ2n) is 4.40. The van der Waals surface area contributed by atoms with Gasteiger partial charge in [-0.2, -0.15) is 0 Å². The number of hydrogen-bond donors (Lipinski definition) is 0. The summed E-state index contributed by atoms with van der Waals surface area (Å²) in [6.45, 7) is 5.15. The standard InChI is InChI=1S/C9H17N/c1-9(4-5-9)8-3-6-10(2)7-8/h8H,3-7H2,1-2H3. The molecule has 1 unspecified atom stereocenters. The van der Waals surface area contributed by atoms with E-state index in [2.05, 4.69) is 18.9 Å². The lowest BCUT2D eigenvalue weighted by molar-refractivity contribution is 0.320. The lowest BCUT2D eigenvalue weighted by atomic mass is 9.90. The zero-order chi connectivity index (χ0) is 7.19. The van der Waals surface area contributed by atoms with Crippen molar-refractivity contribution in [3.8, 4) is 0 Å². The highest BCUT2D eigenvalue weighted by atomic mass is 15.1. The molecule has 0 aromatic rings. The predicted octanol–water partition coefficient (Wildman–Crippen LogP) is 1.74. The van der Waals surface area contributed by atoms with Crippen LogP contribution in [0.1, 0.15) is 26.2 Å². The second kappa shape index (κ2) is 1.97. The first-order valence-corrected chi connectivity index (χ1v) is 4.39. The summed E-state index contributed by atoms with van der Waals surface area (Å²) in [4.78, 5) is 2.47. The molecule has 1 nitrogen and oxygen atoms in total. The van der Waals surface area contributed by atoms with E-state index < -0.39 is 0 Å². The van der Waals surface area contributed by atoms with Gasteiger partial charge in [0.15, 0.2) is 0 Å². The molecule has 1 saturated carbocycles. The van der Waals surface area contributed by atoms with Crippen molar-refractivity contribution in [1.82, 2.24) is 4.90 Å². The molecule has 0 aromatic heterocycles. The van der Waals surface area contributed by atoms with Gasteiger partial charge in [0.2, 0.25) is 0 Å². The van der Waals surface area contributed by atoms with Gasteiger partial charge in [-0.1, -0.05) is 6.92 Å². The highest BCUT2D eigenvalue weighted by Crippen LogP contribution is 2.53. The average Bonchev–Trinajstić information content (AvgIpc) is 2.45. The first-order chi connectivity index (χ1) is 4.71. The Labute approximate surface area is 63.4 Å². The van der Waals surface area contributed by atoms with Crippen LogP contribution in [0.3, 0.4) is 0 Å². The van der Waals surface area contributed by atoms with Crippen molar-refractivity contribution in [3.63, 3.8) is 0 Å². The monoisotopic (exact) mass is 139 g/mol. The molecule has 0 spiro atoms. The van der Waals surface area contributed by atoms with E-state index in [4.69, 9.17) is 0 Å². The van der Waals surface area contributed by atoms with Crippen molar-refractivity contribution in [2.45, 2.75) is 26.2 Å². The molecule has 1 aliphatic carbocycles. The fraction of sp³-hybridized carbons (Fsp3) is 1.00. The number of rotatable bonds is 1. The van der Waals surface area contributed by atoms with Gasteiger partial charge >= 0.3 is 0 Å². The van der Waals surface area contributed by atoms with Crippen molar-refractivity contribution in [2.75, 3.05) is 20.1 Å². The Hall–Kier alpha value is -0.0400. The second-order valence-corrected chi connectivity index (χ2v) is 4.40. The maximum Gasteiger partial charge on any atom is 0.00123 e. The first-order valence-electron chi connectivity index (χ1n) is 4.39. The minimum Gasteiger partial charge on any atom is -0.306 e. The average molecular weight is 139 g/mol. The van der Waals surface area contributed by atoms with E-state index in [1.807, 2.05) is 0 Å². The normalized spacial score (nSPS) is 38.4. The van der Waals surface area contributed by atoms with Gasteiger partial charge in [0, 0.05) is 6.54 Å². The zero-order valence-corrected chi connectivity index (χ0v) is 7.06. The van der Waals surface area contributed by atoms with Gasteiger partial charge in [-0.3, -0.25) is 0 Å². The molecule has 0 aromatic carbocycles. The minimum atomic E-state index is 0.769. The van der Waals surface area contributed by atoms with Crippen LogP contribution in [0.2, 0.25) is 0 Å². The summed E-state index contributed by atoms with van der Waals surface area (Å²) in [6.07, 6.45) is 4.43. The molecular formula is C9H17N. The molecule has 2 rings (SSSR count). The third-order valence-electron chi connectivity index (χ3n) is 3.42. The van der Waals surface area contributed by atoms with Crippen LogP contribution in [0, 0.1) is 11.3 Å². The Morgan fingerprint density at radius 3 is 2.50 bits per heavy atom. The van der Waals surface area contributed by atoms with Gasteiger partial charge in [-0.15, -0.1) is 0 Å².